The molecule has 0 bridgehead atoms. The second kappa shape index (κ2) is 7.04. The molecule has 0 radical (unpaired) electrons. The summed E-state index contributed by atoms with van der Waals surface area (Å²) in [5.41, 5.74) is 0.738. The molecule has 26 heavy (non-hydrogen) atoms. The molecule has 3 aromatic rings. The molecule has 0 aliphatic carbocycles. The first-order valence-corrected chi connectivity index (χ1v) is 9.95. The number of aromatic nitrogens is 5. The number of amides is 1. The average molecular weight is 397 g/mol. The first-order valence-electron chi connectivity index (χ1n) is 7.92. The lowest BCUT2D eigenvalue weighted by Gasteiger charge is -2.17. The third kappa shape index (κ3) is 3.29. The molecule has 11 heteroatoms. The van der Waals surface area contributed by atoms with Gasteiger partial charge in [0.05, 0.1) is 5.69 Å². The van der Waals surface area contributed by atoms with Crippen molar-refractivity contribution in [2.75, 3.05) is 13.1 Å². The zero-order chi connectivity index (χ0) is 18.9. The molecule has 1 amide bonds. The summed E-state index contributed by atoms with van der Waals surface area (Å²) in [4.78, 5) is 21.7. The fourth-order valence-electron chi connectivity index (χ4n) is 2.47. The highest BCUT2D eigenvalue weighted by atomic mass is 35.5. The Labute approximate surface area is 155 Å². The SMILES string of the molecule is CCN(CC)C(=O)n1cnc(S(=O)(=O)Cc2nc3ccccn3c2Cl)n1. The lowest BCUT2D eigenvalue weighted by molar-refractivity contribution is 0.201. The predicted molar refractivity (Wildman–Crippen MR) is 94.8 cm³/mol. The second-order valence-electron chi connectivity index (χ2n) is 5.46. The van der Waals surface area contributed by atoms with Crippen LogP contribution in [0.15, 0.2) is 35.9 Å². The maximum Gasteiger partial charge on any atom is 0.346 e. The number of pyridine rings is 1. The van der Waals surface area contributed by atoms with Crippen molar-refractivity contribution in [1.29, 1.82) is 0 Å². The van der Waals surface area contributed by atoms with Crippen molar-refractivity contribution in [3.63, 3.8) is 0 Å². The Morgan fingerprint density at radius 1 is 1.27 bits per heavy atom. The van der Waals surface area contributed by atoms with E-state index in [-0.39, 0.29) is 10.8 Å². The fourth-order valence-corrected chi connectivity index (χ4v) is 3.91. The van der Waals surface area contributed by atoms with Crippen LogP contribution in [-0.4, -0.2) is 56.6 Å². The van der Waals surface area contributed by atoms with Crippen LogP contribution in [0.3, 0.4) is 0 Å². The Morgan fingerprint density at radius 2 is 2.00 bits per heavy atom. The van der Waals surface area contributed by atoms with Gasteiger partial charge < -0.3 is 4.90 Å². The highest BCUT2D eigenvalue weighted by molar-refractivity contribution is 7.90. The molecule has 0 aromatic carbocycles. The van der Waals surface area contributed by atoms with Crippen LogP contribution in [0.2, 0.25) is 5.15 Å². The minimum Gasteiger partial charge on any atom is -0.323 e. The van der Waals surface area contributed by atoms with Gasteiger partial charge in [0.1, 0.15) is 22.9 Å². The molecule has 0 atom stereocenters. The van der Waals surface area contributed by atoms with Crippen LogP contribution in [0.4, 0.5) is 4.79 Å². The molecule has 3 rings (SSSR count). The summed E-state index contributed by atoms with van der Waals surface area (Å²) in [6, 6.07) is 4.83. The van der Waals surface area contributed by atoms with Crippen molar-refractivity contribution < 1.29 is 13.2 Å². The van der Waals surface area contributed by atoms with Crippen molar-refractivity contribution in [1.82, 2.24) is 29.0 Å². The van der Waals surface area contributed by atoms with E-state index in [1.165, 1.54) is 4.90 Å². The monoisotopic (exact) mass is 396 g/mol. The van der Waals surface area contributed by atoms with E-state index >= 15 is 0 Å². The Kier molecular flexibility index (Phi) is 4.97. The van der Waals surface area contributed by atoms with E-state index in [4.69, 9.17) is 11.6 Å². The van der Waals surface area contributed by atoms with E-state index in [1.54, 1.807) is 28.8 Å². The van der Waals surface area contributed by atoms with E-state index in [0.717, 1.165) is 11.0 Å². The van der Waals surface area contributed by atoms with Crippen LogP contribution in [0.1, 0.15) is 19.5 Å². The number of imidazole rings is 1. The van der Waals surface area contributed by atoms with Gasteiger partial charge >= 0.3 is 6.03 Å². The summed E-state index contributed by atoms with van der Waals surface area (Å²) in [5.74, 6) is -0.461. The summed E-state index contributed by atoms with van der Waals surface area (Å²) in [7, 11) is -3.91. The van der Waals surface area contributed by atoms with Gasteiger partial charge in [-0.2, -0.15) is 4.68 Å². The lowest BCUT2D eigenvalue weighted by Crippen LogP contribution is -2.34. The molecule has 0 aliphatic heterocycles. The molecule has 0 aliphatic rings. The number of fused-ring (bicyclic) bond motifs is 1. The molecule has 0 spiro atoms. The molecular weight excluding hydrogens is 380 g/mol. The molecule has 3 heterocycles. The normalized spacial score (nSPS) is 11.8. The zero-order valence-electron chi connectivity index (χ0n) is 14.2. The largest absolute Gasteiger partial charge is 0.346 e. The highest BCUT2D eigenvalue weighted by Crippen LogP contribution is 2.22. The van der Waals surface area contributed by atoms with Crippen LogP contribution < -0.4 is 0 Å². The van der Waals surface area contributed by atoms with E-state index in [9.17, 15) is 13.2 Å². The van der Waals surface area contributed by atoms with Gasteiger partial charge in [-0.3, -0.25) is 4.40 Å². The van der Waals surface area contributed by atoms with Crippen molar-refractivity contribution in [3.05, 3.63) is 41.6 Å². The standard InChI is InChI=1S/C15H17ClN6O3S/c1-3-20(4-2)15(23)22-10-17-14(19-22)26(24,25)9-11-13(16)21-8-6-5-7-12(21)18-11/h5-8,10H,3-4,9H2,1-2H3. The number of sulfone groups is 1. The number of hydrogen-bond acceptors (Lipinski definition) is 6. The van der Waals surface area contributed by atoms with Gasteiger partial charge in [0.25, 0.3) is 5.16 Å². The summed E-state index contributed by atoms with van der Waals surface area (Å²) in [6.45, 7) is 4.60. The molecule has 138 valence electrons. The van der Waals surface area contributed by atoms with Crippen molar-refractivity contribution >= 4 is 33.1 Å². The van der Waals surface area contributed by atoms with Crippen LogP contribution in [0.25, 0.3) is 5.65 Å². The molecule has 0 saturated heterocycles. The number of carbonyl (C=O) groups excluding carboxylic acids is 1. The highest BCUT2D eigenvalue weighted by Gasteiger charge is 2.26. The van der Waals surface area contributed by atoms with E-state index in [1.807, 2.05) is 13.8 Å². The fraction of sp³-hybridized carbons (Fsp3) is 0.333. The van der Waals surface area contributed by atoms with Gasteiger partial charge in [0.2, 0.25) is 9.84 Å². The Balaban J connectivity index is 1.89. The van der Waals surface area contributed by atoms with Gasteiger partial charge in [0.15, 0.2) is 0 Å². The van der Waals surface area contributed by atoms with Gasteiger partial charge in [-0.05, 0) is 26.0 Å². The molecule has 0 fully saturated rings. The van der Waals surface area contributed by atoms with E-state index in [2.05, 4.69) is 15.1 Å². The number of hydrogen-bond donors (Lipinski definition) is 0. The number of rotatable bonds is 5. The molecule has 9 nitrogen and oxygen atoms in total. The molecule has 0 saturated carbocycles. The van der Waals surface area contributed by atoms with Crippen LogP contribution in [0, 0.1) is 0 Å². The second-order valence-corrected chi connectivity index (χ2v) is 7.71. The van der Waals surface area contributed by atoms with Gasteiger partial charge in [-0.25, -0.2) is 23.2 Å². The van der Waals surface area contributed by atoms with Crippen LogP contribution in [-0.2, 0) is 15.6 Å². The minimum absolute atomic E-state index is 0.198. The molecule has 0 unspecified atom stereocenters. The zero-order valence-corrected chi connectivity index (χ0v) is 15.8. The Bertz CT molecular complexity index is 1050. The van der Waals surface area contributed by atoms with E-state index in [0.29, 0.717) is 18.7 Å². The van der Waals surface area contributed by atoms with Crippen molar-refractivity contribution in [2.24, 2.45) is 0 Å². The minimum atomic E-state index is -3.91. The van der Waals surface area contributed by atoms with Gasteiger partial charge in [-0.15, -0.1) is 5.10 Å². The number of carbonyl (C=O) groups is 1. The topological polar surface area (TPSA) is 102 Å². The lowest BCUT2D eigenvalue weighted by atomic mass is 10.5. The third-order valence-electron chi connectivity index (χ3n) is 3.84. The van der Waals surface area contributed by atoms with Gasteiger partial charge in [0, 0.05) is 19.3 Å². The Hall–Kier alpha value is -2.46. The predicted octanol–water partition coefficient (Wildman–Crippen LogP) is 1.86. The summed E-state index contributed by atoms with van der Waals surface area (Å²) in [5, 5.41) is 3.60. The molecule has 0 N–H and O–H groups in total. The van der Waals surface area contributed by atoms with Crippen molar-refractivity contribution in [2.45, 2.75) is 24.8 Å². The van der Waals surface area contributed by atoms with Gasteiger partial charge in [-0.1, -0.05) is 17.7 Å². The third-order valence-corrected chi connectivity index (χ3v) is 5.64. The first kappa shape index (κ1) is 18.3. The summed E-state index contributed by atoms with van der Waals surface area (Å²) < 4.78 is 27.7. The van der Waals surface area contributed by atoms with E-state index < -0.39 is 26.8 Å². The average Bonchev–Trinajstić information content (AvgIpc) is 3.23. The summed E-state index contributed by atoms with van der Waals surface area (Å²) in [6.07, 6.45) is 2.79. The van der Waals surface area contributed by atoms with Crippen LogP contribution in [0.5, 0.6) is 0 Å². The maximum absolute atomic E-state index is 12.6. The quantitative estimate of drug-likeness (QED) is 0.652. The number of halogens is 1. The molecular formula is C15H17ClN6O3S. The Morgan fingerprint density at radius 3 is 2.65 bits per heavy atom. The smallest absolute Gasteiger partial charge is 0.323 e. The molecule has 3 aromatic heterocycles. The summed E-state index contributed by atoms with van der Waals surface area (Å²) >= 11 is 6.21. The van der Waals surface area contributed by atoms with Crippen molar-refractivity contribution in [3.8, 4) is 0 Å². The number of nitrogens with zero attached hydrogens (tertiary/aromatic N) is 6. The van der Waals surface area contributed by atoms with Crippen LogP contribution >= 0.6 is 11.6 Å². The maximum atomic E-state index is 12.6. The first-order chi connectivity index (χ1) is 12.4.